The molecule has 4 heterocycles. The highest BCUT2D eigenvalue weighted by Crippen LogP contribution is 2.55. The van der Waals surface area contributed by atoms with Gasteiger partial charge in [0.1, 0.15) is 12.2 Å². The summed E-state index contributed by atoms with van der Waals surface area (Å²) in [4.78, 5) is 24.5. The maximum Gasteiger partial charge on any atom is 0.309 e. The summed E-state index contributed by atoms with van der Waals surface area (Å²) in [6, 6.07) is 2.26. The highest BCUT2D eigenvalue weighted by atomic mass is 16.6. The van der Waals surface area contributed by atoms with Gasteiger partial charge < -0.3 is 14.0 Å². The summed E-state index contributed by atoms with van der Waals surface area (Å²) < 4.78 is 14.1. The normalized spacial score (nSPS) is 40.2. The van der Waals surface area contributed by atoms with E-state index in [0.717, 1.165) is 37.9 Å². The van der Waals surface area contributed by atoms with Crippen LogP contribution in [0, 0.1) is 17.8 Å². The monoisotopic (exact) mass is 371 g/mol. The number of rotatable bonds is 2. The second kappa shape index (κ2) is 6.11. The number of nitrogens with zero attached hydrogens (tertiary/aromatic N) is 1. The van der Waals surface area contributed by atoms with Gasteiger partial charge in [-0.1, -0.05) is 27.2 Å². The van der Waals surface area contributed by atoms with Crippen molar-refractivity contribution in [3.8, 4) is 0 Å². The number of hydrogen-bond acceptors (Lipinski definition) is 4. The molecule has 5 heteroatoms. The summed E-state index contributed by atoms with van der Waals surface area (Å²) in [5, 5.41) is 0. The Hall–Kier alpha value is -1.78. The van der Waals surface area contributed by atoms with Crippen LogP contribution in [0.4, 0.5) is 0 Å². The molecule has 4 aliphatic rings. The van der Waals surface area contributed by atoms with E-state index in [1.165, 1.54) is 17.7 Å². The third kappa shape index (κ3) is 2.36. The molecule has 1 aromatic heterocycles. The molecular formula is C22H29NO4. The largest absolute Gasteiger partial charge is 0.461 e. The van der Waals surface area contributed by atoms with Crippen LogP contribution >= 0.6 is 0 Å². The van der Waals surface area contributed by atoms with E-state index in [9.17, 15) is 9.59 Å². The van der Waals surface area contributed by atoms with E-state index in [0.29, 0.717) is 11.8 Å². The lowest BCUT2D eigenvalue weighted by atomic mass is 9.66. The predicted molar refractivity (Wildman–Crippen MR) is 99.2 cm³/mol. The summed E-state index contributed by atoms with van der Waals surface area (Å²) in [6.07, 6.45) is 5.14. The summed E-state index contributed by atoms with van der Waals surface area (Å²) in [5.41, 5.74) is 3.85. The quantitative estimate of drug-likeness (QED) is 0.736. The van der Waals surface area contributed by atoms with E-state index in [-0.39, 0.29) is 41.9 Å². The Balaban J connectivity index is 1.67. The van der Waals surface area contributed by atoms with E-state index in [1.54, 1.807) is 0 Å². The van der Waals surface area contributed by atoms with Crippen LogP contribution in [-0.4, -0.2) is 22.6 Å². The SMILES string of the molecule is CC[C@H]1[C@H]2OC(=O)[C@H](C)[C@@H]2c2cc([C@@H]3C[C@H](C)C(=O)O3)n3c2[C@H]1CCCC3. The first-order valence-electron chi connectivity index (χ1n) is 10.7. The molecule has 0 aromatic carbocycles. The number of carbonyl (C=O) groups is 2. The van der Waals surface area contributed by atoms with E-state index < -0.39 is 0 Å². The average molecular weight is 371 g/mol. The first-order valence-corrected chi connectivity index (χ1v) is 10.7. The van der Waals surface area contributed by atoms with Crippen molar-refractivity contribution in [1.29, 1.82) is 0 Å². The Bertz CT molecular complexity index is 796. The van der Waals surface area contributed by atoms with Crippen molar-refractivity contribution in [3.63, 3.8) is 0 Å². The van der Waals surface area contributed by atoms with E-state index in [2.05, 4.69) is 17.6 Å². The molecule has 5 rings (SSSR count). The lowest BCUT2D eigenvalue weighted by Crippen LogP contribution is -2.36. The van der Waals surface area contributed by atoms with Crippen molar-refractivity contribution >= 4 is 11.9 Å². The topological polar surface area (TPSA) is 57.5 Å². The van der Waals surface area contributed by atoms with Crippen LogP contribution in [-0.2, 0) is 25.6 Å². The van der Waals surface area contributed by atoms with Gasteiger partial charge in [-0.15, -0.1) is 0 Å². The van der Waals surface area contributed by atoms with Crippen molar-refractivity contribution < 1.29 is 19.1 Å². The van der Waals surface area contributed by atoms with Gasteiger partial charge in [-0.2, -0.15) is 0 Å². The zero-order valence-corrected chi connectivity index (χ0v) is 16.4. The Morgan fingerprint density at radius 3 is 2.67 bits per heavy atom. The molecular weight excluding hydrogens is 342 g/mol. The summed E-state index contributed by atoms with van der Waals surface area (Å²) in [7, 11) is 0. The fraction of sp³-hybridized carbons (Fsp3) is 0.727. The fourth-order valence-electron chi connectivity index (χ4n) is 6.19. The second-order valence-corrected chi connectivity index (χ2v) is 9.01. The molecule has 0 N–H and O–H groups in total. The predicted octanol–water partition coefficient (Wildman–Crippen LogP) is 4.06. The Morgan fingerprint density at radius 2 is 1.96 bits per heavy atom. The lowest BCUT2D eigenvalue weighted by Gasteiger charge is -2.39. The maximum atomic E-state index is 12.4. The maximum absolute atomic E-state index is 12.4. The van der Waals surface area contributed by atoms with Gasteiger partial charge in [-0.3, -0.25) is 9.59 Å². The van der Waals surface area contributed by atoms with Crippen molar-refractivity contribution in [2.45, 2.75) is 83.5 Å². The van der Waals surface area contributed by atoms with Crippen LogP contribution in [0.2, 0.25) is 0 Å². The minimum absolute atomic E-state index is 0.00171. The van der Waals surface area contributed by atoms with Gasteiger partial charge in [0, 0.05) is 36.4 Å². The molecule has 0 amide bonds. The van der Waals surface area contributed by atoms with E-state index in [4.69, 9.17) is 9.47 Å². The molecule has 3 aliphatic heterocycles. The van der Waals surface area contributed by atoms with Gasteiger partial charge in [0.15, 0.2) is 0 Å². The molecule has 0 bridgehead atoms. The molecule has 0 saturated carbocycles. The number of ether oxygens (including phenoxy) is 2. The molecule has 1 aromatic rings. The molecule has 0 radical (unpaired) electrons. The van der Waals surface area contributed by atoms with E-state index >= 15 is 0 Å². The third-order valence-electron chi connectivity index (χ3n) is 7.54. The Kier molecular flexibility index (Phi) is 3.92. The van der Waals surface area contributed by atoms with Gasteiger partial charge >= 0.3 is 11.9 Å². The molecule has 146 valence electrons. The van der Waals surface area contributed by atoms with Crippen LogP contribution in [0.15, 0.2) is 6.07 Å². The second-order valence-electron chi connectivity index (χ2n) is 9.01. The Morgan fingerprint density at radius 1 is 1.15 bits per heavy atom. The zero-order chi connectivity index (χ0) is 18.9. The fourth-order valence-corrected chi connectivity index (χ4v) is 6.19. The molecule has 0 unspecified atom stereocenters. The van der Waals surface area contributed by atoms with Crippen LogP contribution < -0.4 is 0 Å². The van der Waals surface area contributed by atoms with Crippen molar-refractivity contribution in [3.05, 3.63) is 23.0 Å². The molecule has 2 fully saturated rings. The van der Waals surface area contributed by atoms with Gasteiger partial charge in [-0.05, 0) is 30.9 Å². The number of fused-ring (bicyclic) bond motifs is 2. The van der Waals surface area contributed by atoms with Crippen LogP contribution in [0.3, 0.4) is 0 Å². The van der Waals surface area contributed by atoms with Crippen LogP contribution in [0.5, 0.6) is 0 Å². The number of hydrogen-bond donors (Lipinski definition) is 0. The molecule has 27 heavy (non-hydrogen) atoms. The van der Waals surface area contributed by atoms with Crippen LogP contribution in [0.25, 0.3) is 0 Å². The van der Waals surface area contributed by atoms with Gasteiger partial charge in [-0.25, -0.2) is 0 Å². The molecule has 0 spiro atoms. The number of esters is 2. The minimum atomic E-state index is -0.149. The molecule has 5 nitrogen and oxygen atoms in total. The van der Waals surface area contributed by atoms with Crippen LogP contribution in [0.1, 0.15) is 87.8 Å². The van der Waals surface area contributed by atoms with Gasteiger partial charge in [0.2, 0.25) is 0 Å². The van der Waals surface area contributed by atoms with Gasteiger partial charge in [0.05, 0.1) is 17.5 Å². The van der Waals surface area contributed by atoms with Crippen molar-refractivity contribution in [2.75, 3.05) is 0 Å². The van der Waals surface area contributed by atoms with E-state index in [1.807, 2.05) is 13.8 Å². The summed E-state index contributed by atoms with van der Waals surface area (Å²) >= 11 is 0. The first-order chi connectivity index (χ1) is 13.0. The minimum Gasteiger partial charge on any atom is -0.461 e. The number of aromatic nitrogens is 1. The third-order valence-corrected chi connectivity index (χ3v) is 7.54. The summed E-state index contributed by atoms with van der Waals surface area (Å²) in [5.74, 6) is 0.690. The van der Waals surface area contributed by atoms with Gasteiger partial charge in [0.25, 0.3) is 0 Å². The molecule has 1 aliphatic carbocycles. The number of cyclic esters (lactones) is 1. The highest BCUT2D eigenvalue weighted by Gasteiger charge is 2.54. The molecule has 7 atom stereocenters. The lowest BCUT2D eigenvalue weighted by molar-refractivity contribution is -0.146. The van der Waals surface area contributed by atoms with Crippen molar-refractivity contribution in [1.82, 2.24) is 4.57 Å². The molecule has 2 saturated heterocycles. The smallest absolute Gasteiger partial charge is 0.309 e. The van der Waals surface area contributed by atoms with Crippen molar-refractivity contribution in [2.24, 2.45) is 17.8 Å². The first kappa shape index (κ1) is 17.3. The zero-order valence-electron chi connectivity index (χ0n) is 16.4. The number of carbonyl (C=O) groups excluding carboxylic acids is 2. The summed E-state index contributed by atoms with van der Waals surface area (Å²) in [6.45, 7) is 7.17. The Labute approximate surface area is 160 Å². The standard InChI is InChI=1S/C22H29NO4/c1-4-13-14-7-5-6-8-23-16(17-9-11(2)21(24)26-17)10-15(19(14)23)18-12(3)22(25)27-20(13)18/h10-14,17-18,20H,4-9H2,1-3H3/t11-,12+,13+,14-,17-,18+,20+/m0/s1. The highest BCUT2D eigenvalue weighted by molar-refractivity contribution is 5.77. The average Bonchev–Trinajstić information content (AvgIpc) is 3.20.